The van der Waals surface area contributed by atoms with Gasteiger partial charge in [0.25, 0.3) is 6.26 Å². The van der Waals surface area contributed by atoms with Crippen LogP contribution in [0.2, 0.25) is 0 Å². The van der Waals surface area contributed by atoms with Gasteiger partial charge < -0.3 is 9.47 Å². The van der Waals surface area contributed by atoms with Gasteiger partial charge in [0.2, 0.25) is 6.08 Å². The number of hydrogen-bond acceptors (Lipinski definition) is 6. The summed E-state index contributed by atoms with van der Waals surface area (Å²) < 4.78 is 9.97. The molecule has 0 aliphatic heterocycles. The van der Waals surface area contributed by atoms with Crippen LogP contribution < -0.4 is 4.74 Å². The molecule has 1 atom stereocenters. The summed E-state index contributed by atoms with van der Waals surface area (Å²) in [5, 5.41) is 8.33. The number of nitriles is 1. The van der Waals surface area contributed by atoms with E-state index in [2.05, 4.69) is 35.7 Å². The van der Waals surface area contributed by atoms with E-state index in [0.717, 1.165) is 5.56 Å². The van der Waals surface area contributed by atoms with Gasteiger partial charge in [0.15, 0.2) is 6.04 Å². The van der Waals surface area contributed by atoms with Crippen molar-refractivity contribution in [2.45, 2.75) is 44.6 Å². The highest BCUT2D eigenvalue weighted by Crippen LogP contribution is 2.32. The Morgan fingerprint density at radius 2 is 1.72 bits per heavy atom. The summed E-state index contributed by atoms with van der Waals surface area (Å²) in [4.78, 5) is 26.5. The lowest BCUT2D eigenvalue weighted by molar-refractivity contribution is -0.135. The Kier molecular flexibility index (Phi) is 8.14. The van der Waals surface area contributed by atoms with Crippen molar-refractivity contribution in [1.29, 1.82) is 5.26 Å². The molecule has 2 rings (SSSR count). The lowest BCUT2D eigenvalue weighted by atomic mass is 9.78. The second-order valence-electron chi connectivity index (χ2n) is 7.11. The molecule has 0 radical (unpaired) electrons. The molecule has 0 aromatic heterocycles. The van der Waals surface area contributed by atoms with Crippen molar-refractivity contribution in [3.8, 4) is 12.0 Å². The number of hydrogen-bond donors (Lipinski definition) is 0. The summed E-state index contributed by atoms with van der Waals surface area (Å²) >= 11 is 0. The maximum absolute atomic E-state index is 12.3. The molecule has 150 valence electrons. The van der Waals surface area contributed by atoms with Gasteiger partial charge in [0, 0.05) is 5.41 Å². The third-order valence-electron chi connectivity index (χ3n) is 4.81. The molecule has 0 aliphatic carbocycles. The number of rotatable bonds is 10. The van der Waals surface area contributed by atoms with Crippen LogP contribution in [0.5, 0.6) is 5.75 Å². The first-order valence-electron chi connectivity index (χ1n) is 9.44. The van der Waals surface area contributed by atoms with Crippen molar-refractivity contribution >= 4 is 12.0 Å². The fraction of sp³-hybridized carbons (Fsp3) is 0.348. The van der Waals surface area contributed by atoms with Gasteiger partial charge in [-0.2, -0.15) is 10.3 Å². The number of benzene rings is 2. The van der Waals surface area contributed by atoms with Gasteiger partial charge in [0.1, 0.15) is 12.4 Å². The van der Waals surface area contributed by atoms with E-state index in [0.29, 0.717) is 25.0 Å². The number of carbonyl (C=O) groups excluding carboxylic acids is 2. The van der Waals surface area contributed by atoms with Crippen LogP contribution in [0.1, 0.15) is 44.2 Å². The van der Waals surface area contributed by atoms with Gasteiger partial charge >= 0.3 is 5.97 Å². The third-order valence-corrected chi connectivity index (χ3v) is 4.81. The molecule has 6 heteroatoms. The Balaban J connectivity index is 2.01. The molecule has 6 nitrogen and oxygen atoms in total. The van der Waals surface area contributed by atoms with Crippen LogP contribution in [0.4, 0.5) is 0 Å². The van der Waals surface area contributed by atoms with Crippen molar-refractivity contribution in [1.82, 2.24) is 0 Å². The first kappa shape index (κ1) is 21.9. The van der Waals surface area contributed by atoms with Crippen molar-refractivity contribution < 1.29 is 19.1 Å². The average molecular weight is 392 g/mol. The fourth-order valence-electron chi connectivity index (χ4n) is 3.00. The lowest BCUT2D eigenvalue weighted by Gasteiger charge is -2.26. The van der Waals surface area contributed by atoms with Crippen LogP contribution in [-0.2, 0) is 19.7 Å². The topological polar surface area (TPSA) is 88.8 Å². The molecule has 0 N–H and O–H groups in total. The molecule has 0 saturated heterocycles. The summed E-state index contributed by atoms with van der Waals surface area (Å²) in [7, 11) is 0. The first-order valence-corrected chi connectivity index (χ1v) is 9.44. The van der Waals surface area contributed by atoms with Crippen LogP contribution in [0.3, 0.4) is 0 Å². The number of esters is 1. The van der Waals surface area contributed by atoms with E-state index < -0.39 is 12.0 Å². The Morgan fingerprint density at radius 3 is 2.34 bits per heavy atom. The van der Waals surface area contributed by atoms with Crippen molar-refractivity contribution in [3.05, 3.63) is 65.7 Å². The molecule has 2 aromatic rings. The second kappa shape index (κ2) is 10.8. The number of aliphatic imine (C=N–C) groups is 1. The number of isocyanates is 1. The van der Waals surface area contributed by atoms with Crippen LogP contribution in [0.25, 0.3) is 0 Å². The van der Waals surface area contributed by atoms with Gasteiger partial charge in [-0.15, -0.1) is 0 Å². The zero-order valence-electron chi connectivity index (χ0n) is 16.6. The predicted octanol–water partition coefficient (Wildman–Crippen LogP) is 4.29. The average Bonchev–Trinajstić information content (AvgIpc) is 2.74. The van der Waals surface area contributed by atoms with E-state index in [9.17, 15) is 9.59 Å². The van der Waals surface area contributed by atoms with Gasteiger partial charge in [-0.05, 0) is 42.5 Å². The molecule has 1 unspecified atom stereocenters. The first-order chi connectivity index (χ1) is 14.0. The fourth-order valence-corrected chi connectivity index (χ4v) is 3.00. The molecule has 0 amide bonds. The summed E-state index contributed by atoms with van der Waals surface area (Å²) in [5.41, 5.74) is 2.08. The minimum absolute atomic E-state index is 0.195. The summed E-state index contributed by atoms with van der Waals surface area (Å²) in [6.07, 6.45) is 4.47. The Labute approximate surface area is 170 Å². The molecule has 29 heavy (non-hydrogen) atoms. The normalized spacial score (nSPS) is 11.6. The number of ether oxygens (including phenoxy) is 2. The highest BCUT2D eigenvalue weighted by Gasteiger charge is 2.24. The lowest BCUT2D eigenvalue weighted by Crippen LogP contribution is -2.24. The quantitative estimate of drug-likeness (QED) is 0.150. The van der Waals surface area contributed by atoms with Gasteiger partial charge in [-0.3, -0.25) is 0 Å². The molecular formula is C23H24N2O4. The molecule has 0 fully saturated rings. The van der Waals surface area contributed by atoms with Crippen molar-refractivity contribution in [2.24, 2.45) is 4.99 Å². The maximum atomic E-state index is 12.3. The largest absolute Gasteiger partial charge is 0.428 e. The Bertz CT molecular complexity index is 879. The SMILES string of the molecule is CC(C)(c1ccccc1)c1ccc(OC(=O)C(CCCCOC#N)N=C=O)cc1. The molecule has 2 aromatic carbocycles. The maximum Gasteiger partial charge on any atom is 0.337 e. The zero-order valence-corrected chi connectivity index (χ0v) is 16.6. The van der Waals surface area contributed by atoms with Crippen LogP contribution in [-0.4, -0.2) is 24.7 Å². The number of nitrogens with zero attached hydrogens (tertiary/aromatic N) is 2. The predicted molar refractivity (Wildman–Crippen MR) is 108 cm³/mol. The third kappa shape index (κ3) is 6.31. The summed E-state index contributed by atoms with van der Waals surface area (Å²) in [6, 6.07) is 16.6. The highest BCUT2D eigenvalue weighted by atomic mass is 16.5. The molecule has 0 bridgehead atoms. The van der Waals surface area contributed by atoms with E-state index in [-0.39, 0.29) is 12.0 Å². The molecule has 0 spiro atoms. The van der Waals surface area contributed by atoms with E-state index in [1.54, 1.807) is 18.4 Å². The van der Waals surface area contributed by atoms with Gasteiger partial charge in [0.05, 0.1) is 0 Å². The molecule has 0 heterocycles. The van der Waals surface area contributed by atoms with Crippen LogP contribution in [0.15, 0.2) is 59.6 Å². The van der Waals surface area contributed by atoms with E-state index in [4.69, 9.17) is 10.00 Å². The minimum atomic E-state index is -0.921. The number of carbonyl (C=O) groups is 1. The molecule has 0 aliphatic rings. The number of unbranched alkanes of at least 4 members (excludes halogenated alkanes) is 1. The second-order valence-corrected chi connectivity index (χ2v) is 7.11. The van der Waals surface area contributed by atoms with Crippen LogP contribution >= 0.6 is 0 Å². The minimum Gasteiger partial charge on any atom is -0.428 e. The standard InChI is InChI=1S/C23H24N2O4/c1-23(2,18-8-4-3-5-9-18)19-11-13-20(14-12-19)29-22(27)21(25-17-26)10-6-7-15-28-16-24/h3-5,8-9,11-14,21H,6-7,10,15H2,1-2H3. The summed E-state index contributed by atoms with van der Waals surface area (Å²) in [6.45, 7) is 4.53. The van der Waals surface area contributed by atoms with E-state index in [1.165, 1.54) is 11.6 Å². The van der Waals surface area contributed by atoms with Crippen LogP contribution in [0, 0.1) is 11.5 Å². The van der Waals surface area contributed by atoms with Crippen molar-refractivity contribution in [2.75, 3.05) is 6.61 Å². The Morgan fingerprint density at radius 1 is 1.07 bits per heavy atom. The zero-order chi connectivity index (χ0) is 21.1. The van der Waals surface area contributed by atoms with Crippen molar-refractivity contribution in [3.63, 3.8) is 0 Å². The smallest absolute Gasteiger partial charge is 0.337 e. The monoisotopic (exact) mass is 392 g/mol. The molecule has 0 saturated carbocycles. The molecular weight excluding hydrogens is 368 g/mol. The Hall–Kier alpha value is -3.42. The highest BCUT2D eigenvalue weighted by molar-refractivity contribution is 5.79. The van der Waals surface area contributed by atoms with E-state index in [1.807, 2.05) is 30.3 Å². The van der Waals surface area contributed by atoms with E-state index >= 15 is 0 Å². The summed E-state index contributed by atoms with van der Waals surface area (Å²) in [5.74, 6) is -0.217. The van der Waals surface area contributed by atoms with Gasteiger partial charge in [-0.25, -0.2) is 9.59 Å². The van der Waals surface area contributed by atoms with Gasteiger partial charge in [-0.1, -0.05) is 56.3 Å².